The molecule has 0 aromatic heterocycles. The van der Waals surface area contributed by atoms with Gasteiger partial charge in [0.25, 0.3) is 0 Å². The van der Waals surface area contributed by atoms with Crippen LogP contribution in [0.1, 0.15) is 26.3 Å². The molecule has 0 amide bonds. The van der Waals surface area contributed by atoms with Gasteiger partial charge in [-0.1, -0.05) is 30.3 Å². The monoisotopic (exact) mass is 352 g/mol. The minimum absolute atomic E-state index is 0.194. The lowest BCUT2D eigenvalue weighted by molar-refractivity contribution is -0.189. The van der Waals surface area contributed by atoms with Crippen LogP contribution in [-0.2, 0) is 29.1 Å². The van der Waals surface area contributed by atoms with Gasteiger partial charge in [-0.15, -0.1) is 0 Å². The molecule has 0 heterocycles. The van der Waals surface area contributed by atoms with Crippen molar-refractivity contribution in [3.8, 4) is 0 Å². The van der Waals surface area contributed by atoms with Gasteiger partial charge in [0.05, 0.1) is 13.7 Å². The molecule has 0 N–H and O–H groups in total. The fourth-order valence-corrected chi connectivity index (χ4v) is 4.10. The summed E-state index contributed by atoms with van der Waals surface area (Å²) in [6, 6.07) is 9.02. The molecule has 1 unspecified atom stereocenters. The number of esters is 2. The van der Waals surface area contributed by atoms with E-state index in [4.69, 9.17) is 13.9 Å². The quantitative estimate of drug-likeness (QED) is 0.555. The van der Waals surface area contributed by atoms with Crippen molar-refractivity contribution in [2.75, 3.05) is 13.7 Å². The normalized spacial score (nSPS) is 14.6. The van der Waals surface area contributed by atoms with Crippen LogP contribution in [0, 0.1) is 5.41 Å². The summed E-state index contributed by atoms with van der Waals surface area (Å²) < 4.78 is 16.7. The Balaban J connectivity index is 3.74. The number of carbonyl (C=O) groups excluding carboxylic acids is 2. The van der Waals surface area contributed by atoms with Crippen molar-refractivity contribution >= 4 is 20.3 Å². The molecule has 1 rings (SSSR count). The van der Waals surface area contributed by atoms with E-state index in [0.717, 1.165) is 0 Å². The molecule has 1 aromatic rings. The van der Waals surface area contributed by atoms with Crippen LogP contribution in [0.3, 0.4) is 0 Å². The standard InChI is InChI=1S/C18H28O5Si/c1-8-22-16(20)18(23-24(5,6)7,14-12-10-9-11-13-14)17(2,3)15(19)21-4/h9-13H,8H2,1-7H3. The topological polar surface area (TPSA) is 61.8 Å². The van der Waals surface area contributed by atoms with E-state index in [1.807, 2.05) is 37.8 Å². The van der Waals surface area contributed by atoms with E-state index in [-0.39, 0.29) is 6.61 Å². The highest BCUT2D eigenvalue weighted by Gasteiger charge is 2.61. The van der Waals surface area contributed by atoms with E-state index in [0.29, 0.717) is 5.56 Å². The second-order valence-corrected chi connectivity index (χ2v) is 11.5. The number of ether oxygens (including phenoxy) is 2. The van der Waals surface area contributed by atoms with E-state index in [1.54, 1.807) is 32.9 Å². The Morgan fingerprint density at radius 3 is 2.00 bits per heavy atom. The van der Waals surface area contributed by atoms with E-state index in [2.05, 4.69) is 0 Å². The molecule has 134 valence electrons. The molecule has 1 atom stereocenters. The first-order chi connectivity index (χ1) is 11.0. The van der Waals surface area contributed by atoms with Crippen molar-refractivity contribution in [2.24, 2.45) is 5.41 Å². The minimum Gasteiger partial charge on any atom is -0.469 e. The highest BCUT2D eigenvalue weighted by atomic mass is 28.4. The summed E-state index contributed by atoms with van der Waals surface area (Å²) in [5, 5.41) is 0. The smallest absolute Gasteiger partial charge is 0.343 e. The molecule has 0 radical (unpaired) electrons. The average molecular weight is 353 g/mol. The summed E-state index contributed by atoms with van der Waals surface area (Å²) in [6.45, 7) is 11.1. The maximum atomic E-state index is 13.1. The zero-order chi connectivity index (χ0) is 18.6. The Morgan fingerprint density at radius 2 is 1.58 bits per heavy atom. The van der Waals surface area contributed by atoms with Gasteiger partial charge in [0.2, 0.25) is 0 Å². The second-order valence-electron chi connectivity index (χ2n) is 7.10. The Kier molecular flexibility index (Phi) is 6.36. The third-order valence-electron chi connectivity index (χ3n) is 3.78. The molecule has 0 saturated carbocycles. The summed E-state index contributed by atoms with van der Waals surface area (Å²) in [5.41, 5.74) is -2.25. The highest BCUT2D eigenvalue weighted by Crippen LogP contribution is 2.46. The van der Waals surface area contributed by atoms with Gasteiger partial charge >= 0.3 is 11.9 Å². The highest BCUT2D eigenvalue weighted by molar-refractivity contribution is 6.70. The van der Waals surface area contributed by atoms with Crippen LogP contribution in [-0.4, -0.2) is 34.0 Å². The first-order valence-corrected chi connectivity index (χ1v) is 11.4. The first kappa shape index (κ1) is 20.4. The zero-order valence-corrected chi connectivity index (χ0v) is 16.6. The predicted molar refractivity (Wildman–Crippen MR) is 95.0 cm³/mol. The summed E-state index contributed by atoms with van der Waals surface area (Å²) >= 11 is 0. The van der Waals surface area contributed by atoms with E-state index in [1.165, 1.54) is 7.11 Å². The van der Waals surface area contributed by atoms with Crippen molar-refractivity contribution in [1.29, 1.82) is 0 Å². The number of rotatable bonds is 7. The molecule has 1 aromatic carbocycles. The Labute approximate surface area is 145 Å². The first-order valence-electron chi connectivity index (χ1n) is 8.04. The number of benzene rings is 1. The largest absolute Gasteiger partial charge is 0.469 e. The molecule has 5 nitrogen and oxygen atoms in total. The van der Waals surface area contributed by atoms with Crippen molar-refractivity contribution in [2.45, 2.75) is 46.0 Å². The molecular weight excluding hydrogens is 324 g/mol. The number of hydrogen-bond acceptors (Lipinski definition) is 5. The molecule has 0 bridgehead atoms. The molecule has 24 heavy (non-hydrogen) atoms. The average Bonchev–Trinajstić information content (AvgIpc) is 2.51. The van der Waals surface area contributed by atoms with E-state index < -0.39 is 31.3 Å². The number of hydrogen-bond donors (Lipinski definition) is 0. The van der Waals surface area contributed by atoms with Gasteiger partial charge < -0.3 is 13.9 Å². The molecule has 0 aliphatic heterocycles. The third-order valence-corrected chi connectivity index (χ3v) is 4.70. The van der Waals surface area contributed by atoms with Crippen LogP contribution >= 0.6 is 0 Å². The summed E-state index contributed by atoms with van der Waals surface area (Å²) in [7, 11) is -0.939. The van der Waals surface area contributed by atoms with Crippen LogP contribution in [0.15, 0.2) is 30.3 Å². The van der Waals surface area contributed by atoms with Gasteiger partial charge in [-0.2, -0.15) is 0 Å². The van der Waals surface area contributed by atoms with Crippen molar-refractivity contribution in [3.63, 3.8) is 0 Å². The lowest BCUT2D eigenvalue weighted by Gasteiger charge is -2.45. The van der Waals surface area contributed by atoms with E-state index in [9.17, 15) is 9.59 Å². The van der Waals surface area contributed by atoms with Gasteiger partial charge in [0.15, 0.2) is 13.9 Å². The molecule has 0 fully saturated rings. The van der Waals surface area contributed by atoms with Crippen molar-refractivity contribution < 1.29 is 23.5 Å². The fourth-order valence-electron chi connectivity index (χ4n) is 2.73. The summed E-state index contributed by atoms with van der Waals surface area (Å²) in [4.78, 5) is 25.6. The Hall–Kier alpha value is -1.66. The summed E-state index contributed by atoms with van der Waals surface area (Å²) in [5.74, 6) is -1.10. The predicted octanol–water partition coefficient (Wildman–Crippen LogP) is 3.50. The Morgan fingerprint density at radius 1 is 1.04 bits per heavy atom. The van der Waals surface area contributed by atoms with Crippen LogP contribution in [0.25, 0.3) is 0 Å². The van der Waals surface area contributed by atoms with Crippen molar-refractivity contribution in [3.05, 3.63) is 35.9 Å². The molecular formula is C18H28O5Si. The molecule has 0 spiro atoms. The van der Waals surface area contributed by atoms with Gasteiger partial charge in [-0.25, -0.2) is 4.79 Å². The van der Waals surface area contributed by atoms with E-state index >= 15 is 0 Å². The van der Waals surface area contributed by atoms with Gasteiger partial charge in [0.1, 0.15) is 5.41 Å². The second kappa shape index (κ2) is 7.48. The molecule has 0 aliphatic rings. The van der Waals surface area contributed by atoms with Gasteiger partial charge in [0, 0.05) is 0 Å². The maximum Gasteiger partial charge on any atom is 0.343 e. The molecule has 0 aliphatic carbocycles. The van der Waals surface area contributed by atoms with Crippen LogP contribution in [0.5, 0.6) is 0 Å². The van der Waals surface area contributed by atoms with Crippen LogP contribution < -0.4 is 0 Å². The number of carbonyl (C=O) groups is 2. The lowest BCUT2D eigenvalue weighted by atomic mass is 9.70. The van der Waals surface area contributed by atoms with Crippen LogP contribution in [0.4, 0.5) is 0 Å². The Bertz CT molecular complexity index is 577. The van der Waals surface area contributed by atoms with Gasteiger partial charge in [-0.3, -0.25) is 4.79 Å². The minimum atomic E-state index is -2.24. The molecule has 0 saturated heterocycles. The van der Waals surface area contributed by atoms with Crippen molar-refractivity contribution in [1.82, 2.24) is 0 Å². The lowest BCUT2D eigenvalue weighted by Crippen LogP contribution is -2.59. The zero-order valence-electron chi connectivity index (χ0n) is 15.6. The fraction of sp³-hybridized carbons (Fsp3) is 0.556. The third kappa shape index (κ3) is 3.87. The maximum absolute atomic E-state index is 13.1. The molecule has 6 heteroatoms. The summed E-state index contributed by atoms with van der Waals surface area (Å²) in [6.07, 6.45) is 0. The number of methoxy groups -OCH3 is 1. The van der Waals surface area contributed by atoms with Gasteiger partial charge in [-0.05, 0) is 46.0 Å². The van der Waals surface area contributed by atoms with Crippen LogP contribution in [0.2, 0.25) is 19.6 Å². The SMILES string of the molecule is CCOC(=O)C(O[Si](C)(C)C)(c1ccccc1)C(C)(C)C(=O)OC.